The van der Waals surface area contributed by atoms with Crippen molar-refractivity contribution in [1.29, 1.82) is 0 Å². The second-order valence-corrected chi connectivity index (χ2v) is 9.12. The lowest BCUT2D eigenvalue weighted by Gasteiger charge is -2.48. The Morgan fingerprint density at radius 3 is 2.61 bits per heavy atom. The summed E-state index contributed by atoms with van der Waals surface area (Å²) in [4.78, 5) is 31.2. The second kappa shape index (κ2) is 9.89. The number of pyridine rings is 1. The first-order valence-electron chi connectivity index (χ1n) is 11.5. The van der Waals surface area contributed by atoms with Gasteiger partial charge in [-0.3, -0.25) is 19.5 Å². The third-order valence-corrected chi connectivity index (χ3v) is 6.71. The smallest absolute Gasteiger partial charge is 0.251 e. The first-order valence-corrected chi connectivity index (χ1v) is 11.5. The number of ether oxygens (including phenoxy) is 1. The zero-order valence-corrected chi connectivity index (χ0v) is 19.2. The number of benzene rings is 1. The van der Waals surface area contributed by atoms with Crippen LogP contribution in [0.5, 0.6) is 5.75 Å². The van der Waals surface area contributed by atoms with Gasteiger partial charge in [0.2, 0.25) is 5.91 Å². The first-order chi connectivity index (χ1) is 15.9. The molecular weight excluding hydrogens is 420 g/mol. The molecule has 3 N–H and O–H groups in total. The number of carbonyl (C=O) groups excluding carboxylic acids is 2. The molecule has 2 fully saturated rings. The van der Waals surface area contributed by atoms with Crippen LogP contribution >= 0.6 is 0 Å². The van der Waals surface area contributed by atoms with E-state index in [0.717, 1.165) is 31.5 Å². The van der Waals surface area contributed by atoms with Gasteiger partial charge >= 0.3 is 0 Å². The molecule has 0 bridgehead atoms. The summed E-state index contributed by atoms with van der Waals surface area (Å²) in [5, 5.41) is 16.7. The van der Waals surface area contributed by atoms with E-state index < -0.39 is 5.60 Å². The van der Waals surface area contributed by atoms with E-state index in [2.05, 4.69) is 20.5 Å². The van der Waals surface area contributed by atoms with Gasteiger partial charge in [-0.15, -0.1) is 0 Å². The number of aliphatic hydroxyl groups is 1. The molecule has 0 atom stereocenters. The van der Waals surface area contributed by atoms with E-state index in [1.165, 1.54) is 0 Å². The van der Waals surface area contributed by atoms with Crippen LogP contribution < -0.4 is 15.4 Å². The highest BCUT2D eigenvalue weighted by molar-refractivity contribution is 5.96. The van der Waals surface area contributed by atoms with Crippen molar-refractivity contribution < 1.29 is 19.4 Å². The van der Waals surface area contributed by atoms with Gasteiger partial charge < -0.3 is 20.5 Å². The standard InChI is InChI=1S/C25H32N4O4/c1-17-4-3-5-18(12-17)24(31)27-14-23(30)28-19-15-29(16-19)20-8-10-25(32,11-9-20)22-7-6-21(33-2)13-26-22/h3-7,12-13,19-20,32H,8-11,14-16H2,1-2H3,(H,27,31)(H,28,30)/t20-,25-. The Morgan fingerprint density at radius 2 is 1.97 bits per heavy atom. The fourth-order valence-corrected chi connectivity index (χ4v) is 4.71. The van der Waals surface area contributed by atoms with Gasteiger partial charge in [-0.05, 0) is 56.9 Å². The molecular formula is C25H32N4O4. The predicted octanol–water partition coefficient (Wildman–Crippen LogP) is 1.76. The molecule has 8 heteroatoms. The van der Waals surface area contributed by atoms with Crippen LogP contribution in [0.3, 0.4) is 0 Å². The van der Waals surface area contributed by atoms with Crippen LogP contribution in [0.15, 0.2) is 42.6 Å². The summed E-state index contributed by atoms with van der Waals surface area (Å²) >= 11 is 0. The molecule has 8 nitrogen and oxygen atoms in total. The maximum absolute atomic E-state index is 12.2. The summed E-state index contributed by atoms with van der Waals surface area (Å²) < 4.78 is 5.15. The molecule has 1 aliphatic carbocycles. The molecule has 1 saturated carbocycles. The number of hydrogen-bond acceptors (Lipinski definition) is 6. The molecule has 2 aromatic rings. The summed E-state index contributed by atoms with van der Waals surface area (Å²) in [5.74, 6) is 0.258. The van der Waals surface area contributed by atoms with Gasteiger partial charge in [-0.2, -0.15) is 0 Å². The van der Waals surface area contributed by atoms with Crippen LogP contribution in [0.2, 0.25) is 0 Å². The van der Waals surface area contributed by atoms with Crippen LogP contribution in [0.1, 0.15) is 47.3 Å². The van der Waals surface area contributed by atoms with Crippen molar-refractivity contribution in [2.45, 2.75) is 50.3 Å². The molecule has 33 heavy (non-hydrogen) atoms. The Hall–Kier alpha value is -2.97. The van der Waals surface area contributed by atoms with Crippen molar-refractivity contribution in [2.24, 2.45) is 0 Å². The number of nitrogens with one attached hydrogen (secondary N) is 2. The quantitative estimate of drug-likeness (QED) is 0.592. The summed E-state index contributed by atoms with van der Waals surface area (Å²) in [6.07, 6.45) is 4.74. The molecule has 0 spiro atoms. The predicted molar refractivity (Wildman–Crippen MR) is 124 cm³/mol. The zero-order valence-electron chi connectivity index (χ0n) is 19.2. The highest BCUT2D eigenvalue weighted by atomic mass is 16.5. The monoisotopic (exact) mass is 452 g/mol. The molecule has 1 saturated heterocycles. The minimum atomic E-state index is -0.892. The Balaban J connectivity index is 1.17. The van der Waals surface area contributed by atoms with Crippen LogP contribution in [-0.4, -0.2) is 65.6 Å². The zero-order chi connectivity index (χ0) is 23.4. The maximum Gasteiger partial charge on any atom is 0.251 e. The molecule has 1 aliphatic heterocycles. The van der Waals surface area contributed by atoms with Gasteiger partial charge in [0.05, 0.1) is 31.6 Å². The number of carbonyl (C=O) groups is 2. The van der Waals surface area contributed by atoms with Crippen molar-refractivity contribution in [3.63, 3.8) is 0 Å². The van der Waals surface area contributed by atoms with E-state index in [0.29, 0.717) is 35.9 Å². The first kappa shape index (κ1) is 23.2. The molecule has 0 unspecified atom stereocenters. The third-order valence-electron chi connectivity index (χ3n) is 6.71. The Bertz CT molecular complexity index is 980. The molecule has 176 valence electrons. The van der Waals surface area contributed by atoms with Gasteiger partial charge in [0, 0.05) is 24.7 Å². The number of hydrogen-bond donors (Lipinski definition) is 3. The van der Waals surface area contributed by atoms with Crippen LogP contribution in [0.4, 0.5) is 0 Å². The van der Waals surface area contributed by atoms with Crippen LogP contribution in [0, 0.1) is 6.92 Å². The Labute approximate surface area is 194 Å². The van der Waals surface area contributed by atoms with Crippen LogP contribution in [-0.2, 0) is 10.4 Å². The number of amides is 2. The topological polar surface area (TPSA) is 104 Å². The van der Waals surface area contributed by atoms with Crippen molar-refractivity contribution in [1.82, 2.24) is 20.5 Å². The lowest BCUT2D eigenvalue weighted by molar-refractivity contribution is -0.122. The highest BCUT2D eigenvalue weighted by Gasteiger charge is 2.41. The normalized spacial score (nSPS) is 23.4. The summed E-state index contributed by atoms with van der Waals surface area (Å²) in [6, 6.07) is 11.5. The maximum atomic E-state index is 12.2. The summed E-state index contributed by atoms with van der Waals surface area (Å²) in [7, 11) is 1.60. The molecule has 2 amide bonds. The molecule has 1 aromatic carbocycles. The van der Waals surface area contributed by atoms with Crippen molar-refractivity contribution in [3.8, 4) is 5.75 Å². The van der Waals surface area contributed by atoms with Gasteiger partial charge in [0.1, 0.15) is 11.4 Å². The number of nitrogens with zero attached hydrogens (tertiary/aromatic N) is 2. The van der Waals surface area contributed by atoms with E-state index in [1.54, 1.807) is 25.4 Å². The minimum Gasteiger partial charge on any atom is -0.495 e. The highest BCUT2D eigenvalue weighted by Crippen LogP contribution is 2.39. The van der Waals surface area contributed by atoms with Crippen molar-refractivity contribution in [2.75, 3.05) is 26.7 Å². The summed E-state index contributed by atoms with van der Waals surface area (Å²) in [6.45, 7) is 3.48. The van der Waals surface area contributed by atoms with Crippen molar-refractivity contribution in [3.05, 3.63) is 59.4 Å². The average Bonchev–Trinajstić information content (AvgIpc) is 2.80. The number of aryl methyl sites for hydroxylation is 1. The van der Waals surface area contributed by atoms with E-state index in [-0.39, 0.29) is 24.4 Å². The van der Waals surface area contributed by atoms with Gasteiger partial charge in [-0.1, -0.05) is 17.7 Å². The fourth-order valence-electron chi connectivity index (χ4n) is 4.71. The molecule has 0 radical (unpaired) electrons. The molecule has 1 aromatic heterocycles. The second-order valence-electron chi connectivity index (χ2n) is 9.12. The fraction of sp³-hybridized carbons (Fsp3) is 0.480. The lowest BCUT2D eigenvalue weighted by atomic mass is 9.78. The molecule has 4 rings (SSSR count). The Kier molecular flexibility index (Phi) is 6.95. The summed E-state index contributed by atoms with van der Waals surface area (Å²) in [5.41, 5.74) is 1.36. The van der Waals surface area contributed by atoms with E-state index in [1.807, 2.05) is 31.2 Å². The van der Waals surface area contributed by atoms with Gasteiger partial charge in [-0.25, -0.2) is 0 Å². The minimum absolute atomic E-state index is 0.0331. The largest absolute Gasteiger partial charge is 0.495 e. The molecule has 2 heterocycles. The SMILES string of the molecule is COc1ccc([C@]2(O)CC[C@H](N3CC(NC(=O)CNC(=O)c4cccc(C)c4)C3)CC2)nc1. The van der Waals surface area contributed by atoms with E-state index in [4.69, 9.17) is 4.74 Å². The number of methoxy groups -OCH3 is 1. The van der Waals surface area contributed by atoms with Crippen molar-refractivity contribution >= 4 is 11.8 Å². The number of rotatable bonds is 7. The van der Waals surface area contributed by atoms with Gasteiger partial charge in [0.15, 0.2) is 0 Å². The average molecular weight is 453 g/mol. The number of aromatic nitrogens is 1. The van der Waals surface area contributed by atoms with Gasteiger partial charge in [0.25, 0.3) is 5.91 Å². The number of likely N-dealkylation sites (tertiary alicyclic amines) is 1. The van der Waals surface area contributed by atoms with E-state index in [9.17, 15) is 14.7 Å². The molecule has 2 aliphatic rings. The van der Waals surface area contributed by atoms with Crippen LogP contribution in [0.25, 0.3) is 0 Å². The Morgan fingerprint density at radius 1 is 1.21 bits per heavy atom. The third kappa shape index (κ3) is 5.51. The lowest BCUT2D eigenvalue weighted by Crippen LogP contribution is -2.63. The van der Waals surface area contributed by atoms with E-state index >= 15 is 0 Å².